The van der Waals surface area contributed by atoms with E-state index in [0.717, 1.165) is 10.9 Å². The van der Waals surface area contributed by atoms with Crippen LogP contribution in [0.1, 0.15) is 18.1 Å². The van der Waals surface area contributed by atoms with Crippen LogP contribution < -0.4 is 10.6 Å². The lowest BCUT2D eigenvalue weighted by molar-refractivity contribution is -0.297. The Balaban J connectivity index is 2.99. The van der Waals surface area contributed by atoms with Crippen LogP contribution in [0.15, 0.2) is 18.2 Å². The second-order valence-corrected chi connectivity index (χ2v) is 5.02. The molecule has 2 N–H and O–H groups in total. The quantitative estimate of drug-likeness (QED) is 0.781. The van der Waals surface area contributed by atoms with Gasteiger partial charge in [0.25, 0.3) is 0 Å². The third-order valence-corrected chi connectivity index (χ3v) is 3.13. The van der Waals surface area contributed by atoms with Crippen LogP contribution in [0.3, 0.4) is 0 Å². The Bertz CT molecular complexity index is 551. The minimum Gasteiger partial charge on any atom is -0.316 e. The van der Waals surface area contributed by atoms with Gasteiger partial charge >= 0.3 is 18.4 Å². The molecule has 0 saturated carbocycles. The number of carbonyl (C=O) groups excluding carboxylic acids is 1. The number of urea groups is 1. The molecule has 3 nitrogen and oxygen atoms in total. The van der Waals surface area contributed by atoms with E-state index in [4.69, 9.17) is 0 Å². The molecule has 0 aliphatic rings. The molecule has 1 aromatic carbocycles. The van der Waals surface area contributed by atoms with Crippen molar-refractivity contribution in [1.82, 2.24) is 5.32 Å². The van der Waals surface area contributed by atoms with E-state index in [2.05, 4.69) is 0 Å². The summed E-state index contributed by atoms with van der Waals surface area (Å²) in [4.78, 5) is 11.5. The summed E-state index contributed by atoms with van der Waals surface area (Å²) in [5, 5.41) is 2.95. The van der Waals surface area contributed by atoms with Crippen LogP contribution in [-0.4, -0.2) is 23.9 Å². The zero-order chi connectivity index (χ0) is 17.3. The molecule has 0 heterocycles. The van der Waals surface area contributed by atoms with Gasteiger partial charge in [0, 0.05) is 5.69 Å². The zero-order valence-corrected chi connectivity index (χ0v) is 11.9. The van der Waals surface area contributed by atoms with Crippen molar-refractivity contribution >= 4 is 11.7 Å². The molecule has 0 aromatic heterocycles. The monoisotopic (exact) mass is 328 g/mol. The maximum absolute atomic E-state index is 12.7. The molecule has 0 saturated heterocycles. The van der Waals surface area contributed by atoms with E-state index in [9.17, 15) is 31.1 Å². The van der Waals surface area contributed by atoms with Crippen LogP contribution in [0.25, 0.3) is 0 Å². The smallest absolute Gasteiger partial charge is 0.316 e. The van der Waals surface area contributed by atoms with E-state index >= 15 is 0 Å². The number of halogens is 6. The molecule has 0 radical (unpaired) electrons. The van der Waals surface area contributed by atoms with Crippen molar-refractivity contribution in [3.8, 4) is 0 Å². The number of benzene rings is 1. The largest absolute Gasteiger partial charge is 0.420 e. The van der Waals surface area contributed by atoms with Crippen molar-refractivity contribution in [2.24, 2.45) is 0 Å². The molecular weight excluding hydrogens is 314 g/mol. The number of nitrogens with one attached hydrogen (secondary N) is 2. The van der Waals surface area contributed by atoms with Gasteiger partial charge in [-0.05, 0) is 32.4 Å². The second kappa shape index (κ2) is 5.69. The van der Waals surface area contributed by atoms with Crippen LogP contribution >= 0.6 is 0 Å². The normalized spacial score (nSPS) is 13.0. The molecule has 0 aliphatic carbocycles. The van der Waals surface area contributed by atoms with E-state index < -0.39 is 23.9 Å². The van der Waals surface area contributed by atoms with Gasteiger partial charge in [-0.2, -0.15) is 26.3 Å². The molecule has 2 amide bonds. The summed E-state index contributed by atoms with van der Waals surface area (Å²) < 4.78 is 76.0. The predicted molar refractivity (Wildman–Crippen MR) is 68.6 cm³/mol. The fourth-order valence-corrected chi connectivity index (χ4v) is 1.64. The molecule has 0 unspecified atom stereocenters. The number of hydrogen-bond acceptors (Lipinski definition) is 1. The Hall–Kier alpha value is -1.93. The Morgan fingerprint density at radius 2 is 1.50 bits per heavy atom. The van der Waals surface area contributed by atoms with Gasteiger partial charge in [0.2, 0.25) is 5.54 Å². The first-order valence-corrected chi connectivity index (χ1v) is 6.08. The first kappa shape index (κ1) is 18.1. The molecule has 0 bridgehead atoms. The lowest BCUT2D eigenvalue weighted by Gasteiger charge is -2.34. The SMILES string of the molecule is Cc1ccc(NC(=O)NC(C)(C(F)(F)F)C(F)(F)F)c(C)c1. The third kappa shape index (κ3) is 3.63. The van der Waals surface area contributed by atoms with Crippen LogP contribution in [-0.2, 0) is 0 Å². The van der Waals surface area contributed by atoms with Gasteiger partial charge < -0.3 is 10.6 Å². The van der Waals surface area contributed by atoms with E-state index in [-0.39, 0.29) is 12.6 Å². The zero-order valence-electron chi connectivity index (χ0n) is 11.9. The maximum atomic E-state index is 12.7. The topological polar surface area (TPSA) is 41.1 Å². The molecule has 124 valence electrons. The van der Waals surface area contributed by atoms with E-state index in [1.165, 1.54) is 6.07 Å². The minimum atomic E-state index is -5.69. The summed E-state index contributed by atoms with van der Waals surface area (Å²) >= 11 is 0. The lowest BCUT2D eigenvalue weighted by Crippen LogP contribution is -2.66. The van der Waals surface area contributed by atoms with Crippen molar-refractivity contribution in [3.05, 3.63) is 29.3 Å². The van der Waals surface area contributed by atoms with Crippen molar-refractivity contribution in [2.75, 3.05) is 5.32 Å². The molecule has 0 fully saturated rings. The second-order valence-electron chi connectivity index (χ2n) is 5.02. The van der Waals surface area contributed by atoms with Gasteiger partial charge in [-0.25, -0.2) is 4.79 Å². The summed E-state index contributed by atoms with van der Waals surface area (Å²) in [6, 6.07) is 2.99. The molecule has 0 aliphatic heterocycles. The number of aryl methyl sites for hydroxylation is 2. The molecular formula is C13H14F6N2O. The van der Waals surface area contributed by atoms with Crippen LogP contribution in [0.4, 0.5) is 36.8 Å². The number of anilines is 1. The highest BCUT2D eigenvalue weighted by atomic mass is 19.4. The molecule has 1 rings (SSSR count). The van der Waals surface area contributed by atoms with Crippen molar-refractivity contribution < 1.29 is 31.1 Å². The van der Waals surface area contributed by atoms with Crippen LogP contribution in [0.2, 0.25) is 0 Å². The maximum Gasteiger partial charge on any atom is 0.420 e. The molecule has 0 spiro atoms. The summed E-state index contributed by atoms with van der Waals surface area (Å²) in [6.45, 7) is 3.19. The van der Waals surface area contributed by atoms with E-state index in [0.29, 0.717) is 5.56 Å². The molecule has 9 heteroatoms. The average Bonchev–Trinajstić information content (AvgIpc) is 2.29. The third-order valence-electron chi connectivity index (χ3n) is 3.13. The van der Waals surface area contributed by atoms with Crippen molar-refractivity contribution in [2.45, 2.75) is 38.7 Å². The molecule has 0 atom stereocenters. The number of amides is 2. The Kier molecular flexibility index (Phi) is 4.69. The van der Waals surface area contributed by atoms with Crippen molar-refractivity contribution in [1.29, 1.82) is 0 Å². The standard InChI is InChI=1S/C13H14F6N2O/c1-7-4-5-9(8(2)6-7)20-10(22)21-11(3,12(14,15)16)13(17,18)19/h4-6H,1-3H3,(H2,20,21,22). The van der Waals surface area contributed by atoms with Crippen LogP contribution in [0, 0.1) is 13.8 Å². The number of carbonyl (C=O) groups is 1. The van der Waals surface area contributed by atoms with E-state index in [1.807, 2.05) is 5.32 Å². The van der Waals surface area contributed by atoms with Gasteiger partial charge in [0.15, 0.2) is 0 Å². The van der Waals surface area contributed by atoms with Gasteiger partial charge in [-0.3, -0.25) is 0 Å². The van der Waals surface area contributed by atoms with Gasteiger partial charge in [-0.1, -0.05) is 17.7 Å². The van der Waals surface area contributed by atoms with Gasteiger partial charge in [0.05, 0.1) is 0 Å². The average molecular weight is 328 g/mol. The number of hydrogen-bond donors (Lipinski definition) is 2. The fraction of sp³-hybridized carbons (Fsp3) is 0.462. The van der Waals surface area contributed by atoms with Gasteiger partial charge in [0.1, 0.15) is 0 Å². The highest BCUT2D eigenvalue weighted by Crippen LogP contribution is 2.42. The molecule has 22 heavy (non-hydrogen) atoms. The fourth-order valence-electron chi connectivity index (χ4n) is 1.64. The highest BCUT2D eigenvalue weighted by Gasteiger charge is 2.68. The van der Waals surface area contributed by atoms with Gasteiger partial charge in [-0.15, -0.1) is 0 Å². The summed E-state index contributed by atoms with van der Waals surface area (Å²) in [7, 11) is 0. The predicted octanol–water partition coefficient (Wildman–Crippen LogP) is 4.31. The Morgan fingerprint density at radius 3 is 1.91 bits per heavy atom. The summed E-state index contributed by atoms with van der Waals surface area (Å²) in [5.41, 5.74) is -2.88. The first-order valence-electron chi connectivity index (χ1n) is 6.08. The Labute approximate surface area is 122 Å². The van der Waals surface area contributed by atoms with E-state index in [1.54, 1.807) is 26.0 Å². The summed E-state index contributed by atoms with van der Waals surface area (Å²) in [5.74, 6) is 0. The first-order chi connectivity index (χ1) is 9.78. The molecule has 1 aromatic rings. The minimum absolute atomic E-state index is 0.120. The van der Waals surface area contributed by atoms with Crippen molar-refractivity contribution in [3.63, 3.8) is 0 Å². The highest BCUT2D eigenvalue weighted by molar-refractivity contribution is 5.90. The number of rotatable bonds is 2. The summed E-state index contributed by atoms with van der Waals surface area (Å²) in [6.07, 6.45) is -11.4. The lowest BCUT2D eigenvalue weighted by atomic mass is 10.0. The Morgan fingerprint density at radius 1 is 1.00 bits per heavy atom. The van der Waals surface area contributed by atoms with Crippen LogP contribution in [0.5, 0.6) is 0 Å². The number of alkyl halides is 6.